The second kappa shape index (κ2) is 6.41. The number of rotatable bonds is 5. The quantitative estimate of drug-likeness (QED) is 0.665. The second-order valence-corrected chi connectivity index (χ2v) is 4.97. The van der Waals surface area contributed by atoms with E-state index in [9.17, 15) is 0 Å². The van der Waals surface area contributed by atoms with Gasteiger partial charge in [-0.05, 0) is 31.7 Å². The molecule has 0 aromatic rings. The van der Waals surface area contributed by atoms with Crippen LogP contribution in [0, 0.1) is 11.8 Å². The van der Waals surface area contributed by atoms with Crippen molar-refractivity contribution >= 4 is 0 Å². The van der Waals surface area contributed by atoms with Crippen molar-refractivity contribution in [1.29, 1.82) is 0 Å². The van der Waals surface area contributed by atoms with Crippen LogP contribution in [0.15, 0.2) is 0 Å². The fraction of sp³-hybridized carbons (Fsp3) is 1.00. The van der Waals surface area contributed by atoms with Gasteiger partial charge in [-0.2, -0.15) is 0 Å². The lowest BCUT2D eigenvalue weighted by atomic mass is 9.81. The fourth-order valence-electron chi connectivity index (χ4n) is 2.23. The van der Waals surface area contributed by atoms with Crippen LogP contribution in [0.1, 0.15) is 46.0 Å². The minimum atomic E-state index is -0.207. The van der Waals surface area contributed by atoms with Gasteiger partial charge in [0, 0.05) is 6.54 Å². The highest BCUT2D eigenvalue weighted by Gasteiger charge is 2.17. The highest BCUT2D eigenvalue weighted by atomic mass is 16.3. The molecule has 0 aromatic carbocycles. The van der Waals surface area contributed by atoms with Gasteiger partial charge < -0.3 is 10.4 Å². The summed E-state index contributed by atoms with van der Waals surface area (Å²) in [6.45, 7) is 6.00. The molecule has 0 radical (unpaired) electrons. The van der Waals surface area contributed by atoms with Crippen molar-refractivity contribution in [3.05, 3.63) is 0 Å². The monoisotopic (exact) mass is 199 g/mol. The van der Waals surface area contributed by atoms with Crippen molar-refractivity contribution in [3.8, 4) is 0 Å². The topological polar surface area (TPSA) is 32.3 Å². The Morgan fingerprint density at radius 1 is 1.29 bits per heavy atom. The van der Waals surface area contributed by atoms with Crippen molar-refractivity contribution in [3.63, 3.8) is 0 Å². The molecule has 1 atom stereocenters. The minimum absolute atomic E-state index is 0.207. The first-order valence-corrected chi connectivity index (χ1v) is 6.07. The Morgan fingerprint density at radius 2 is 1.93 bits per heavy atom. The van der Waals surface area contributed by atoms with E-state index in [0.29, 0.717) is 0 Å². The highest BCUT2D eigenvalue weighted by Crippen LogP contribution is 2.29. The molecular formula is C12H25NO. The average molecular weight is 199 g/mol. The van der Waals surface area contributed by atoms with E-state index in [4.69, 9.17) is 5.11 Å². The van der Waals surface area contributed by atoms with Crippen molar-refractivity contribution < 1.29 is 5.11 Å². The first kappa shape index (κ1) is 12.0. The zero-order chi connectivity index (χ0) is 10.4. The molecule has 1 fully saturated rings. The van der Waals surface area contributed by atoms with Gasteiger partial charge in [-0.3, -0.25) is 0 Å². The van der Waals surface area contributed by atoms with Crippen LogP contribution in [0.3, 0.4) is 0 Å². The van der Waals surface area contributed by atoms with Crippen LogP contribution >= 0.6 is 0 Å². The maximum Gasteiger partial charge on any atom is 0.0636 e. The molecule has 1 rings (SSSR count). The molecule has 2 nitrogen and oxygen atoms in total. The molecule has 1 saturated carbocycles. The Balaban J connectivity index is 1.96. The van der Waals surface area contributed by atoms with Gasteiger partial charge >= 0.3 is 0 Å². The third kappa shape index (κ3) is 4.97. The SMILES string of the molecule is CC1CCC(CCNC[C@@H](C)O)CC1. The molecule has 2 N–H and O–H groups in total. The van der Waals surface area contributed by atoms with E-state index in [1.165, 1.54) is 32.1 Å². The van der Waals surface area contributed by atoms with Crippen LogP contribution in [-0.4, -0.2) is 24.3 Å². The smallest absolute Gasteiger partial charge is 0.0636 e. The molecule has 1 aliphatic carbocycles. The minimum Gasteiger partial charge on any atom is -0.392 e. The Morgan fingerprint density at radius 3 is 2.50 bits per heavy atom. The summed E-state index contributed by atoms with van der Waals surface area (Å²) in [6.07, 6.45) is 6.75. The molecule has 0 spiro atoms. The predicted octanol–water partition coefficient (Wildman–Crippen LogP) is 2.17. The summed E-state index contributed by atoms with van der Waals surface area (Å²) in [6, 6.07) is 0. The van der Waals surface area contributed by atoms with Crippen molar-refractivity contribution in [2.24, 2.45) is 11.8 Å². The lowest BCUT2D eigenvalue weighted by Crippen LogP contribution is -2.27. The van der Waals surface area contributed by atoms with E-state index in [-0.39, 0.29) is 6.10 Å². The first-order valence-electron chi connectivity index (χ1n) is 6.07. The van der Waals surface area contributed by atoms with Crippen molar-refractivity contribution in [1.82, 2.24) is 5.32 Å². The van der Waals surface area contributed by atoms with E-state index in [1.54, 1.807) is 0 Å². The molecule has 1 aliphatic rings. The maximum atomic E-state index is 9.06. The van der Waals surface area contributed by atoms with Crippen molar-refractivity contribution in [2.75, 3.05) is 13.1 Å². The second-order valence-electron chi connectivity index (χ2n) is 4.97. The molecule has 0 heterocycles. The highest BCUT2D eigenvalue weighted by molar-refractivity contribution is 4.70. The Kier molecular flexibility index (Phi) is 5.49. The van der Waals surface area contributed by atoms with E-state index in [2.05, 4.69) is 12.2 Å². The van der Waals surface area contributed by atoms with E-state index < -0.39 is 0 Å². The molecule has 0 amide bonds. The van der Waals surface area contributed by atoms with Crippen LogP contribution in [0.4, 0.5) is 0 Å². The summed E-state index contributed by atoms with van der Waals surface area (Å²) in [5.41, 5.74) is 0. The largest absolute Gasteiger partial charge is 0.392 e. The predicted molar refractivity (Wildman–Crippen MR) is 60.3 cm³/mol. The lowest BCUT2D eigenvalue weighted by Gasteiger charge is -2.26. The van der Waals surface area contributed by atoms with Crippen LogP contribution in [0.5, 0.6) is 0 Å². The zero-order valence-electron chi connectivity index (χ0n) is 9.63. The third-order valence-corrected chi connectivity index (χ3v) is 3.30. The van der Waals surface area contributed by atoms with E-state index >= 15 is 0 Å². The van der Waals surface area contributed by atoms with E-state index in [0.717, 1.165) is 24.9 Å². The molecule has 0 aromatic heterocycles. The van der Waals surface area contributed by atoms with Gasteiger partial charge in [0.25, 0.3) is 0 Å². The summed E-state index contributed by atoms with van der Waals surface area (Å²) in [7, 11) is 0. The molecule has 0 bridgehead atoms. The lowest BCUT2D eigenvalue weighted by molar-refractivity contribution is 0.189. The van der Waals surface area contributed by atoms with Gasteiger partial charge in [0.05, 0.1) is 6.10 Å². The molecule has 0 unspecified atom stereocenters. The Hall–Kier alpha value is -0.0800. The molecule has 84 valence electrons. The number of aliphatic hydroxyl groups excluding tert-OH is 1. The van der Waals surface area contributed by atoms with Crippen LogP contribution < -0.4 is 5.32 Å². The number of aliphatic hydroxyl groups is 1. The fourth-order valence-corrected chi connectivity index (χ4v) is 2.23. The standard InChI is InChI=1S/C12H25NO/c1-10-3-5-12(6-4-10)7-8-13-9-11(2)14/h10-14H,3-9H2,1-2H3/t10?,11-,12?/m1/s1. The number of hydrogen-bond acceptors (Lipinski definition) is 2. The van der Waals surface area contributed by atoms with Gasteiger partial charge in [0.2, 0.25) is 0 Å². The van der Waals surface area contributed by atoms with Crippen LogP contribution in [0.25, 0.3) is 0 Å². The summed E-state index contributed by atoms with van der Waals surface area (Å²) in [5.74, 6) is 1.89. The Labute approximate surface area is 88.1 Å². The first-order chi connectivity index (χ1) is 6.68. The van der Waals surface area contributed by atoms with Crippen molar-refractivity contribution in [2.45, 2.75) is 52.1 Å². The molecule has 14 heavy (non-hydrogen) atoms. The molecule has 0 aliphatic heterocycles. The molecule has 0 saturated heterocycles. The van der Waals surface area contributed by atoms with Crippen LogP contribution in [-0.2, 0) is 0 Å². The van der Waals surface area contributed by atoms with E-state index in [1.807, 2.05) is 6.92 Å². The van der Waals surface area contributed by atoms with Gasteiger partial charge in [0.15, 0.2) is 0 Å². The van der Waals surface area contributed by atoms with Crippen LogP contribution in [0.2, 0.25) is 0 Å². The summed E-state index contributed by atoms with van der Waals surface area (Å²) >= 11 is 0. The maximum absolute atomic E-state index is 9.06. The van der Waals surface area contributed by atoms with Gasteiger partial charge in [0.1, 0.15) is 0 Å². The summed E-state index contributed by atoms with van der Waals surface area (Å²) in [5, 5.41) is 12.4. The summed E-state index contributed by atoms with van der Waals surface area (Å²) in [4.78, 5) is 0. The normalized spacial score (nSPS) is 30.2. The van der Waals surface area contributed by atoms with Gasteiger partial charge in [-0.15, -0.1) is 0 Å². The average Bonchev–Trinajstić information content (AvgIpc) is 2.15. The number of hydrogen-bond donors (Lipinski definition) is 2. The third-order valence-electron chi connectivity index (χ3n) is 3.30. The summed E-state index contributed by atoms with van der Waals surface area (Å²) < 4.78 is 0. The molecule has 2 heteroatoms. The van der Waals surface area contributed by atoms with Gasteiger partial charge in [-0.25, -0.2) is 0 Å². The zero-order valence-corrected chi connectivity index (χ0v) is 9.63. The Bertz CT molecular complexity index is 139. The van der Waals surface area contributed by atoms with Gasteiger partial charge in [-0.1, -0.05) is 32.6 Å². The number of nitrogens with one attached hydrogen (secondary N) is 1. The molecular weight excluding hydrogens is 174 g/mol.